The second-order valence-electron chi connectivity index (χ2n) is 7.15. The Bertz CT molecular complexity index is 1070. The van der Waals surface area contributed by atoms with E-state index in [1.807, 2.05) is 48.5 Å². The number of hydrogen-bond acceptors (Lipinski definition) is 3. The SMILES string of the molecule is NC(=O)[C@H](NC(=O)CNC(=O)c1ccccc1)C1c2ccccc2-c2ccccc21. The van der Waals surface area contributed by atoms with Gasteiger partial charge >= 0.3 is 0 Å². The standard InChI is InChI=1S/C24H21N3O3/c25-23(29)22(27-20(28)14-26-24(30)15-8-2-1-3-9-15)21-18-12-6-4-10-16(18)17-11-5-7-13-19(17)21/h1-13,21-22H,14H2,(H2,25,29)(H,26,30)(H,27,28)/t22-/m1/s1. The molecule has 150 valence electrons. The summed E-state index contributed by atoms with van der Waals surface area (Å²) in [5.74, 6) is -1.86. The Kier molecular flexibility index (Phi) is 5.30. The molecule has 4 N–H and O–H groups in total. The number of rotatable bonds is 6. The van der Waals surface area contributed by atoms with Crippen molar-refractivity contribution in [3.63, 3.8) is 0 Å². The molecule has 0 bridgehead atoms. The summed E-state index contributed by atoms with van der Waals surface area (Å²) >= 11 is 0. The molecule has 0 aromatic heterocycles. The summed E-state index contributed by atoms with van der Waals surface area (Å²) < 4.78 is 0. The van der Waals surface area contributed by atoms with Crippen LogP contribution in [0.5, 0.6) is 0 Å². The molecule has 1 aliphatic carbocycles. The van der Waals surface area contributed by atoms with Gasteiger partial charge in [-0.15, -0.1) is 0 Å². The number of amides is 3. The molecule has 4 rings (SSSR count). The molecule has 0 aliphatic heterocycles. The lowest BCUT2D eigenvalue weighted by Gasteiger charge is -2.24. The van der Waals surface area contributed by atoms with Gasteiger partial charge in [-0.1, -0.05) is 66.7 Å². The van der Waals surface area contributed by atoms with E-state index in [1.165, 1.54) is 0 Å². The molecule has 0 saturated heterocycles. The highest BCUT2D eigenvalue weighted by Gasteiger charge is 2.37. The minimum absolute atomic E-state index is 0.256. The van der Waals surface area contributed by atoms with Crippen LogP contribution in [-0.2, 0) is 9.59 Å². The fraction of sp³-hybridized carbons (Fsp3) is 0.125. The first-order chi connectivity index (χ1) is 14.6. The molecular weight excluding hydrogens is 378 g/mol. The lowest BCUT2D eigenvalue weighted by Crippen LogP contribution is -2.50. The molecule has 6 nitrogen and oxygen atoms in total. The second-order valence-corrected chi connectivity index (χ2v) is 7.15. The van der Waals surface area contributed by atoms with E-state index in [4.69, 9.17) is 5.73 Å². The van der Waals surface area contributed by atoms with Crippen LogP contribution >= 0.6 is 0 Å². The molecule has 6 heteroatoms. The molecule has 0 saturated carbocycles. The van der Waals surface area contributed by atoms with Gasteiger partial charge in [0.1, 0.15) is 6.04 Å². The molecular formula is C24H21N3O3. The van der Waals surface area contributed by atoms with Crippen LogP contribution < -0.4 is 16.4 Å². The Morgan fingerprint density at radius 2 is 1.33 bits per heavy atom. The number of nitrogens with one attached hydrogen (secondary N) is 2. The topological polar surface area (TPSA) is 101 Å². The number of benzene rings is 3. The van der Waals surface area contributed by atoms with Crippen molar-refractivity contribution in [2.24, 2.45) is 5.73 Å². The van der Waals surface area contributed by atoms with E-state index >= 15 is 0 Å². The molecule has 1 atom stereocenters. The lowest BCUT2D eigenvalue weighted by atomic mass is 9.89. The summed E-state index contributed by atoms with van der Waals surface area (Å²) in [7, 11) is 0. The average molecular weight is 399 g/mol. The third-order valence-electron chi connectivity index (χ3n) is 5.28. The molecule has 3 aromatic rings. The van der Waals surface area contributed by atoms with Gasteiger partial charge in [-0.05, 0) is 34.4 Å². The Morgan fingerprint density at radius 3 is 1.90 bits per heavy atom. The van der Waals surface area contributed by atoms with E-state index in [0.717, 1.165) is 22.3 Å². The fourth-order valence-corrected chi connectivity index (χ4v) is 3.95. The van der Waals surface area contributed by atoms with Gasteiger partial charge in [0, 0.05) is 11.5 Å². The third kappa shape index (κ3) is 3.67. The summed E-state index contributed by atoms with van der Waals surface area (Å²) in [6.45, 7) is -0.256. The number of carbonyl (C=O) groups excluding carboxylic acids is 3. The van der Waals surface area contributed by atoms with E-state index in [9.17, 15) is 14.4 Å². The molecule has 3 amide bonds. The number of primary amides is 1. The zero-order valence-electron chi connectivity index (χ0n) is 16.2. The van der Waals surface area contributed by atoms with Crippen molar-refractivity contribution in [3.8, 4) is 11.1 Å². The van der Waals surface area contributed by atoms with Gasteiger partial charge in [0.15, 0.2) is 0 Å². The molecule has 3 aromatic carbocycles. The summed E-state index contributed by atoms with van der Waals surface area (Å²) in [6.07, 6.45) is 0. The van der Waals surface area contributed by atoms with Gasteiger partial charge in [0.25, 0.3) is 5.91 Å². The number of fused-ring (bicyclic) bond motifs is 3. The Balaban J connectivity index is 1.53. The number of hydrogen-bond donors (Lipinski definition) is 3. The van der Waals surface area contributed by atoms with Crippen LogP contribution in [0, 0.1) is 0 Å². The zero-order valence-corrected chi connectivity index (χ0v) is 16.2. The van der Waals surface area contributed by atoms with E-state index in [0.29, 0.717) is 5.56 Å². The van der Waals surface area contributed by atoms with Crippen molar-refractivity contribution in [2.45, 2.75) is 12.0 Å². The molecule has 0 spiro atoms. The quantitative estimate of drug-likeness (QED) is 0.592. The van der Waals surface area contributed by atoms with E-state index in [-0.39, 0.29) is 18.4 Å². The monoisotopic (exact) mass is 399 g/mol. The molecule has 0 unspecified atom stereocenters. The van der Waals surface area contributed by atoms with E-state index in [2.05, 4.69) is 10.6 Å². The number of nitrogens with two attached hydrogens (primary N) is 1. The minimum Gasteiger partial charge on any atom is -0.368 e. The highest BCUT2D eigenvalue weighted by atomic mass is 16.2. The minimum atomic E-state index is -0.934. The maximum absolute atomic E-state index is 12.5. The van der Waals surface area contributed by atoms with Crippen LogP contribution in [0.15, 0.2) is 78.9 Å². The largest absolute Gasteiger partial charge is 0.368 e. The summed E-state index contributed by atoms with van der Waals surface area (Å²) in [5.41, 5.74) is 10.1. The Hall–Kier alpha value is -3.93. The van der Waals surface area contributed by atoms with Crippen LogP contribution in [0.25, 0.3) is 11.1 Å². The van der Waals surface area contributed by atoms with Crippen LogP contribution in [0.2, 0.25) is 0 Å². The Labute approximate surface area is 174 Å². The van der Waals surface area contributed by atoms with Crippen molar-refractivity contribution >= 4 is 17.7 Å². The maximum atomic E-state index is 12.5. The Morgan fingerprint density at radius 1 is 0.800 bits per heavy atom. The van der Waals surface area contributed by atoms with Crippen LogP contribution in [-0.4, -0.2) is 30.3 Å². The van der Waals surface area contributed by atoms with Gasteiger partial charge in [0.2, 0.25) is 11.8 Å². The van der Waals surface area contributed by atoms with Crippen LogP contribution in [0.4, 0.5) is 0 Å². The third-order valence-corrected chi connectivity index (χ3v) is 5.28. The smallest absolute Gasteiger partial charge is 0.251 e. The lowest BCUT2D eigenvalue weighted by molar-refractivity contribution is -0.127. The van der Waals surface area contributed by atoms with Crippen molar-refractivity contribution in [2.75, 3.05) is 6.54 Å². The first-order valence-electron chi connectivity index (χ1n) is 9.66. The summed E-state index contributed by atoms with van der Waals surface area (Å²) in [5, 5.41) is 5.29. The van der Waals surface area contributed by atoms with Crippen molar-refractivity contribution in [3.05, 3.63) is 95.6 Å². The number of carbonyl (C=O) groups is 3. The van der Waals surface area contributed by atoms with E-state index in [1.54, 1.807) is 30.3 Å². The highest BCUT2D eigenvalue weighted by molar-refractivity contribution is 5.97. The first kappa shape index (κ1) is 19.4. The predicted molar refractivity (Wildman–Crippen MR) is 114 cm³/mol. The van der Waals surface area contributed by atoms with Gasteiger partial charge in [0.05, 0.1) is 6.54 Å². The van der Waals surface area contributed by atoms with Crippen molar-refractivity contribution in [1.82, 2.24) is 10.6 Å². The van der Waals surface area contributed by atoms with Crippen molar-refractivity contribution in [1.29, 1.82) is 0 Å². The van der Waals surface area contributed by atoms with Gasteiger partial charge in [-0.25, -0.2) is 0 Å². The highest BCUT2D eigenvalue weighted by Crippen LogP contribution is 2.46. The molecule has 1 aliphatic rings. The van der Waals surface area contributed by atoms with Gasteiger partial charge in [-0.2, -0.15) is 0 Å². The predicted octanol–water partition coefficient (Wildman–Crippen LogP) is 2.20. The average Bonchev–Trinajstić information content (AvgIpc) is 3.10. The fourth-order valence-electron chi connectivity index (χ4n) is 3.95. The summed E-state index contributed by atoms with van der Waals surface area (Å²) in [4.78, 5) is 37.0. The van der Waals surface area contributed by atoms with Crippen molar-refractivity contribution < 1.29 is 14.4 Å². The van der Waals surface area contributed by atoms with E-state index < -0.39 is 17.9 Å². The molecule has 0 radical (unpaired) electrons. The first-order valence-corrected chi connectivity index (χ1v) is 9.66. The zero-order chi connectivity index (χ0) is 21.1. The maximum Gasteiger partial charge on any atom is 0.251 e. The molecule has 0 heterocycles. The van der Waals surface area contributed by atoms with Gasteiger partial charge in [-0.3, -0.25) is 14.4 Å². The second kappa shape index (κ2) is 8.21. The molecule has 0 fully saturated rings. The van der Waals surface area contributed by atoms with Crippen LogP contribution in [0.3, 0.4) is 0 Å². The van der Waals surface area contributed by atoms with Crippen LogP contribution in [0.1, 0.15) is 27.4 Å². The normalized spacial score (nSPS) is 13.1. The summed E-state index contributed by atoms with van der Waals surface area (Å²) in [6, 6.07) is 23.2. The molecule has 30 heavy (non-hydrogen) atoms. The van der Waals surface area contributed by atoms with Gasteiger partial charge < -0.3 is 16.4 Å².